The van der Waals surface area contributed by atoms with Gasteiger partial charge in [-0.2, -0.15) is 0 Å². The van der Waals surface area contributed by atoms with Gasteiger partial charge in [0, 0.05) is 38.4 Å². The zero-order valence-electron chi connectivity index (χ0n) is 42.6. The zero-order chi connectivity index (χ0) is 53.0. The average molecular weight is 1010 g/mol. The molecule has 0 saturated carbocycles. The third kappa shape index (κ3) is 15.0. The van der Waals surface area contributed by atoms with Gasteiger partial charge in [-0.05, 0) is 76.4 Å². The number of phenols is 1. The van der Waals surface area contributed by atoms with Crippen LogP contribution in [0.2, 0.25) is 0 Å². The molecule has 14 heteroatoms. The number of amides is 4. The molecule has 0 aliphatic rings. The van der Waals surface area contributed by atoms with Gasteiger partial charge >= 0.3 is 5.97 Å². The zero-order valence-corrected chi connectivity index (χ0v) is 42.6. The van der Waals surface area contributed by atoms with Crippen molar-refractivity contribution in [1.82, 2.24) is 30.8 Å². The Kier molecular flexibility index (Phi) is 19.9. The van der Waals surface area contributed by atoms with Gasteiger partial charge in [0.05, 0.1) is 18.1 Å². The molecule has 8 N–H and O–H groups in total. The van der Waals surface area contributed by atoms with E-state index in [-0.39, 0.29) is 37.3 Å². The van der Waals surface area contributed by atoms with E-state index in [0.717, 1.165) is 59.6 Å². The van der Waals surface area contributed by atoms with E-state index < -0.39 is 53.4 Å². The first-order chi connectivity index (χ1) is 36.4. The lowest BCUT2D eigenvalue weighted by molar-refractivity contribution is -0.142. The molecule has 4 atom stereocenters. The van der Waals surface area contributed by atoms with Crippen LogP contribution < -0.4 is 27.0 Å². The molecular weight excluding hydrogens is 943 g/mol. The van der Waals surface area contributed by atoms with E-state index in [9.17, 15) is 34.2 Å². The number of phenolic OH excluding ortho intramolecular Hbond substituents is 1. The number of nitrogens with zero attached hydrogens (tertiary/aromatic N) is 2. The second-order valence-corrected chi connectivity index (χ2v) is 19.2. The van der Waals surface area contributed by atoms with Crippen molar-refractivity contribution in [3.8, 4) is 5.75 Å². The van der Waals surface area contributed by atoms with Gasteiger partial charge in [0.15, 0.2) is 0 Å². The highest BCUT2D eigenvalue weighted by atomic mass is 16.4. The quantitative estimate of drug-likeness (QED) is 0.0186. The minimum absolute atomic E-state index is 0.00228. The molecule has 1 heterocycles. The number of aromatic nitrogens is 2. The molecule has 0 saturated heterocycles. The van der Waals surface area contributed by atoms with E-state index >= 15 is 0 Å². The van der Waals surface area contributed by atoms with Crippen LogP contribution in [0.5, 0.6) is 5.75 Å². The number of hydrogen-bond donors (Lipinski definition) is 7. The van der Waals surface area contributed by atoms with Crippen LogP contribution in [0.25, 0.3) is 10.8 Å². The number of nitrogens with two attached hydrogens (primary N) is 1. The summed E-state index contributed by atoms with van der Waals surface area (Å²) in [6.45, 7) is 2.52. The summed E-state index contributed by atoms with van der Waals surface area (Å²) in [5.74, 6) is -3.33. The smallest absolute Gasteiger partial charge is 0.326 e. The van der Waals surface area contributed by atoms with Crippen molar-refractivity contribution in [1.29, 1.82) is 0 Å². The second-order valence-electron chi connectivity index (χ2n) is 19.2. The van der Waals surface area contributed by atoms with Crippen LogP contribution in [-0.2, 0) is 48.8 Å². The summed E-state index contributed by atoms with van der Waals surface area (Å²) >= 11 is 0. The molecule has 0 spiro atoms. The Labute approximate surface area is 439 Å². The van der Waals surface area contributed by atoms with Gasteiger partial charge in [0.2, 0.25) is 23.6 Å². The lowest BCUT2D eigenvalue weighted by Crippen LogP contribution is -2.58. The van der Waals surface area contributed by atoms with Crippen molar-refractivity contribution in [2.24, 2.45) is 5.73 Å². The van der Waals surface area contributed by atoms with Crippen LogP contribution in [0, 0.1) is 0 Å². The number of aromatic hydroxyl groups is 1. The van der Waals surface area contributed by atoms with Gasteiger partial charge in [-0.15, -0.1) is 0 Å². The number of nitrogens with one attached hydrogen (secondary N) is 4. The maximum Gasteiger partial charge on any atom is 0.326 e. The molecule has 4 unspecified atom stereocenters. The Balaban J connectivity index is 1.12. The molecule has 14 nitrogen and oxygen atoms in total. The number of hydrogen-bond acceptors (Lipinski definition) is 8. The largest absolute Gasteiger partial charge is 0.508 e. The number of imidazole rings is 1. The van der Waals surface area contributed by atoms with Crippen molar-refractivity contribution in [3.63, 3.8) is 0 Å². The summed E-state index contributed by atoms with van der Waals surface area (Å²) in [7, 11) is 0. The highest BCUT2D eigenvalue weighted by molar-refractivity contribution is 5.94. The summed E-state index contributed by atoms with van der Waals surface area (Å²) in [6.07, 6.45) is 10.2. The predicted molar refractivity (Wildman–Crippen MR) is 292 cm³/mol. The number of fused-ring (bicyclic) bond motifs is 1. The highest BCUT2D eigenvalue weighted by Gasteiger charge is 2.39. The van der Waals surface area contributed by atoms with Gasteiger partial charge in [0.1, 0.15) is 29.4 Å². The minimum atomic E-state index is -1.38. The Morgan fingerprint density at radius 3 is 1.76 bits per heavy atom. The first-order valence-electron chi connectivity index (χ1n) is 26.1. The van der Waals surface area contributed by atoms with Gasteiger partial charge in [-0.3, -0.25) is 19.2 Å². The van der Waals surface area contributed by atoms with E-state index in [4.69, 9.17) is 10.7 Å². The SMILES string of the molecule is CCCCCCCC(=O)NCCCCC(NC(=O)C(N)Cc1cn(C(c2ccccc2)(c2ccccc2)c2ccccc2)cn1)C(=O)NC(Cc1ccc2ccccc2c1)C(=O)NC(Cc1ccc(O)cc1)C(=O)O. The minimum Gasteiger partial charge on any atom is -0.508 e. The van der Waals surface area contributed by atoms with Crippen LogP contribution >= 0.6 is 0 Å². The molecule has 0 bridgehead atoms. The van der Waals surface area contributed by atoms with Crippen LogP contribution in [0.15, 0.2) is 170 Å². The molecule has 6 aromatic carbocycles. The number of carboxylic acid groups (broad SMARTS) is 1. The summed E-state index contributed by atoms with van der Waals surface area (Å²) < 4.78 is 2.04. The molecule has 75 heavy (non-hydrogen) atoms. The monoisotopic (exact) mass is 1010 g/mol. The number of carboxylic acids is 1. The summed E-state index contributed by atoms with van der Waals surface area (Å²) in [6, 6.07) is 44.8. The maximum atomic E-state index is 14.6. The average Bonchev–Trinajstić information content (AvgIpc) is 3.89. The van der Waals surface area contributed by atoms with Crippen molar-refractivity contribution >= 4 is 40.4 Å². The number of aliphatic carboxylic acids is 1. The van der Waals surface area contributed by atoms with Crippen LogP contribution in [0.4, 0.5) is 0 Å². The van der Waals surface area contributed by atoms with E-state index in [1.807, 2.05) is 108 Å². The van der Waals surface area contributed by atoms with Crippen molar-refractivity contribution < 1.29 is 34.2 Å². The van der Waals surface area contributed by atoms with E-state index in [2.05, 4.69) is 64.6 Å². The van der Waals surface area contributed by atoms with Gasteiger partial charge in [0.25, 0.3) is 0 Å². The number of benzene rings is 6. The molecule has 0 radical (unpaired) electrons. The Hall–Kier alpha value is -8.10. The lowest BCUT2D eigenvalue weighted by atomic mass is 9.77. The molecule has 7 rings (SSSR count). The van der Waals surface area contributed by atoms with Gasteiger partial charge in [-0.25, -0.2) is 9.78 Å². The lowest BCUT2D eigenvalue weighted by Gasteiger charge is -2.37. The Bertz CT molecular complexity index is 2850. The molecule has 1 aromatic heterocycles. The summed E-state index contributed by atoms with van der Waals surface area (Å²) in [5, 5.41) is 33.3. The third-order valence-corrected chi connectivity index (χ3v) is 13.6. The Morgan fingerprint density at radius 1 is 0.587 bits per heavy atom. The molecule has 390 valence electrons. The van der Waals surface area contributed by atoms with Crippen molar-refractivity contribution in [3.05, 3.63) is 204 Å². The molecular formula is C61H69N7O7. The van der Waals surface area contributed by atoms with Crippen LogP contribution in [-0.4, -0.2) is 80.1 Å². The van der Waals surface area contributed by atoms with Crippen molar-refractivity contribution in [2.75, 3.05) is 6.54 Å². The molecule has 7 aromatic rings. The van der Waals surface area contributed by atoms with Crippen molar-refractivity contribution in [2.45, 2.75) is 114 Å². The van der Waals surface area contributed by atoms with Crippen LogP contribution in [0.3, 0.4) is 0 Å². The molecule has 4 amide bonds. The van der Waals surface area contributed by atoms with E-state index in [1.165, 1.54) is 12.1 Å². The first kappa shape index (κ1) is 54.7. The number of rotatable bonds is 28. The number of unbranched alkanes of at least 4 members (excludes halogenated alkanes) is 5. The molecule has 0 fully saturated rings. The number of carbonyl (C=O) groups excluding carboxylic acids is 4. The predicted octanol–water partition coefficient (Wildman–Crippen LogP) is 8.12. The van der Waals surface area contributed by atoms with Gasteiger partial charge in [-0.1, -0.05) is 178 Å². The summed E-state index contributed by atoms with van der Waals surface area (Å²) in [5.41, 5.74) is 10.7. The topological polar surface area (TPSA) is 218 Å². The maximum absolute atomic E-state index is 14.6. The van der Waals surface area contributed by atoms with E-state index in [1.54, 1.807) is 18.5 Å². The normalized spacial score (nSPS) is 13.0. The second kappa shape index (κ2) is 27.3. The standard InChI is InChI=1S/C61H69N7O7/c1-2-3-4-5-15-29-56(70)63-36-19-18-28-53(58(72)66-54(39-44-30-33-45-20-16-17-21-46(45)37-44)59(73)67-55(60(74)75)38-43-31-34-51(69)35-32-43)65-57(71)52(62)40-50-41-68(42-64-50)61(47-22-9-6-10-23-47,48-24-11-7-12-25-48)49-26-13-8-14-27-49/h6-14,16-17,20-27,30-35,37,41-42,52-55,69H,2-5,15,18-19,28-29,36,38-40,62H2,1H3,(H,63,70)(H,65,71)(H,66,72)(H,67,73)(H,74,75). The fourth-order valence-electron chi connectivity index (χ4n) is 9.61. The fraction of sp³-hybridized carbons (Fsp3) is 0.311. The highest BCUT2D eigenvalue weighted by Crippen LogP contribution is 2.41. The Morgan fingerprint density at radius 2 is 1.13 bits per heavy atom. The van der Waals surface area contributed by atoms with E-state index in [0.29, 0.717) is 42.6 Å². The molecule has 0 aliphatic heterocycles. The van der Waals surface area contributed by atoms with Gasteiger partial charge < -0.3 is 41.8 Å². The fourth-order valence-corrected chi connectivity index (χ4v) is 9.61. The third-order valence-electron chi connectivity index (χ3n) is 13.6. The molecule has 0 aliphatic carbocycles. The number of carbonyl (C=O) groups is 5. The summed E-state index contributed by atoms with van der Waals surface area (Å²) in [4.78, 5) is 73.2. The first-order valence-corrected chi connectivity index (χ1v) is 26.1. The van der Waals surface area contributed by atoms with Crippen LogP contribution in [0.1, 0.15) is 98.2 Å².